The molecule has 0 spiro atoms. The summed E-state index contributed by atoms with van der Waals surface area (Å²) >= 11 is 2.22. The molecule has 0 fully saturated rings. The number of nitrogens with one attached hydrogen (secondary N) is 1. The van der Waals surface area contributed by atoms with E-state index in [1.54, 1.807) is 0 Å². The predicted octanol–water partition coefficient (Wildman–Crippen LogP) is -1.41. The Balaban J connectivity index is 0.00000240. The fourth-order valence-electron chi connectivity index (χ4n) is 3.75. The van der Waals surface area contributed by atoms with Gasteiger partial charge in [0.2, 0.25) is 0 Å². The van der Waals surface area contributed by atoms with Crippen LogP contribution in [0.4, 0.5) is 5.69 Å². The largest absolute Gasteiger partial charge is 1.00 e. The van der Waals surface area contributed by atoms with Gasteiger partial charge in [-0.25, -0.2) is 0 Å². The van der Waals surface area contributed by atoms with E-state index < -0.39 is 8.32 Å². The molecule has 1 aliphatic carbocycles. The van der Waals surface area contributed by atoms with Crippen molar-refractivity contribution in [1.82, 2.24) is 0 Å². The van der Waals surface area contributed by atoms with Crippen molar-refractivity contribution < 1.29 is 54.4 Å². The summed E-state index contributed by atoms with van der Waals surface area (Å²) in [5, 5.41) is 8.66. The number of ether oxygens (including phenoxy) is 1. The molecule has 0 atom stereocenters. The van der Waals surface area contributed by atoms with Gasteiger partial charge in [-0.05, 0) is 0 Å². The SMILES string of the molecule is CCOC(C)=c1c(O[Si](C)(C)C)cc2c(c1NC(C)(C)C)[C]([Ti+2])=c1ccccc1=2.[Cl-].[Cl-]. The molecule has 0 saturated heterocycles. The summed E-state index contributed by atoms with van der Waals surface area (Å²) in [5.41, 5.74) is 2.28. The van der Waals surface area contributed by atoms with Crippen molar-refractivity contribution in [3.63, 3.8) is 0 Å². The summed E-state index contributed by atoms with van der Waals surface area (Å²) in [4.78, 5) is 0. The minimum atomic E-state index is -1.82. The molecule has 2 aromatic rings. The van der Waals surface area contributed by atoms with E-state index in [4.69, 9.17) is 9.16 Å². The van der Waals surface area contributed by atoms with Crippen molar-refractivity contribution in [1.29, 1.82) is 0 Å². The zero-order chi connectivity index (χ0) is 21.6. The van der Waals surface area contributed by atoms with Crippen molar-refractivity contribution in [3.8, 4) is 5.75 Å². The van der Waals surface area contributed by atoms with E-state index in [-0.39, 0.29) is 30.4 Å². The Morgan fingerprint density at radius 1 is 1.03 bits per heavy atom. The molecule has 167 valence electrons. The quantitative estimate of drug-likeness (QED) is 0.499. The predicted molar refractivity (Wildman–Crippen MR) is 120 cm³/mol. The molecule has 0 amide bonds. The van der Waals surface area contributed by atoms with Gasteiger partial charge < -0.3 is 24.8 Å². The average molecular weight is 513 g/mol. The molecule has 2 aromatic carbocycles. The second-order valence-electron chi connectivity index (χ2n) is 9.55. The number of rotatable bonds is 5. The molecule has 0 aromatic heterocycles. The number of hydrogen-bond acceptors (Lipinski definition) is 3. The van der Waals surface area contributed by atoms with E-state index in [1.165, 1.54) is 25.1 Å². The van der Waals surface area contributed by atoms with Crippen LogP contribution in [0.1, 0.15) is 40.2 Å². The Morgan fingerprint density at radius 2 is 1.61 bits per heavy atom. The number of fused-ring (bicyclic) bond motifs is 2. The van der Waals surface area contributed by atoms with Gasteiger partial charge in [0.1, 0.15) is 0 Å². The normalized spacial score (nSPS) is 13.4. The van der Waals surface area contributed by atoms with Crippen molar-refractivity contribution in [2.45, 2.75) is 59.8 Å². The molecule has 0 heterocycles. The van der Waals surface area contributed by atoms with Gasteiger partial charge in [0.25, 0.3) is 0 Å². The maximum absolute atomic E-state index is 6.62. The van der Waals surface area contributed by atoms with E-state index in [0.29, 0.717) is 6.61 Å². The fraction of sp³-hybridized carbons (Fsp3) is 0.417. The summed E-state index contributed by atoms with van der Waals surface area (Å²) < 4.78 is 13.9. The molecule has 0 aliphatic heterocycles. The van der Waals surface area contributed by atoms with Crippen LogP contribution < -0.4 is 45.0 Å². The van der Waals surface area contributed by atoms with Gasteiger partial charge in [-0.15, -0.1) is 0 Å². The van der Waals surface area contributed by atoms with Crippen LogP contribution in [-0.2, 0) is 25.2 Å². The Bertz CT molecular complexity index is 1170. The minimum Gasteiger partial charge on any atom is -1.00 e. The van der Waals surface area contributed by atoms with Crippen molar-refractivity contribution in [2.75, 3.05) is 11.9 Å². The molecule has 0 bridgehead atoms. The monoisotopic (exact) mass is 512 g/mol. The topological polar surface area (TPSA) is 30.5 Å². The second kappa shape index (κ2) is 10.4. The maximum Gasteiger partial charge on any atom is -1.00 e. The van der Waals surface area contributed by atoms with Gasteiger partial charge in [0.15, 0.2) is 0 Å². The van der Waals surface area contributed by atoms with Crippen LogP contribution in [0, 0.1) is 10.4 Å². The molecular formula is C24H32Cl2NO2SiTi. The zero-order valence-electron chi connectivity index (χ0n) is 19.7. The van der Waals surface area contributed by atoms with Crippen molar-refractivity contribution in [3.05, 3.63) is 56.8 Å². The van der Waals surface area contributed by atoms with Gasteiger partial charge in [0, 0.05) is 0 Å². The maximum atomic E-state index is 6.62. The van der Waals surface area contributed by atoms with Crippen LogP contribution in [0.15, 0.2) is 30.3 Å². The van der Waals surface area contributed by atoms with Crippen LogP contribution in [-0.4, -0.2) is 20.5 Å². The summed E-state index contributed by atoms with van der Waals surface area (Å²) in [6.45, 7) is 18.0. The summed E-state index contributed by atoms with van der Waals surface area (Å²) in [5.74, 6) is 1.82. The van der Waals surface area contributed by atoms with Crippen molar-refractivity contribution >= 4 is 23.6 Å². The number of halogens is 2. The Kier molecular flexibility index (Phi) is 9.39. The first-order valence-corrected chi connectivity index (χ1v) is 14.5. The van der Waals surface area contributed by atoms with Gasteiger partial charge in [-0.3, -0.25) is 0 Å². The minimum absolute atomic E-state index is 0. The molecule has 0 radical (unpaired) electrons. The van der Waals surface area contributed by atoms with E-state index in [1.807, 2.05) is 13.8 Å². The number of hydrogen-bond donors (Lipinski definition) is 1. The molecule has 3 nitrogen and oxygen atoms in total. The molecule has 31 heavy (non-hydrogen) atoms. The first-order valence-electron chi connectivity index (χ1n) is 10.3. The average Bonchev–Trinajstić information content (AvgIpc) is 2.85. The Morgan fingerprint density at radius 3 is 2.13 bits per heavy atom. The van der Waals surface area contributed by atoms with Gasteiger partial charge in [-0.2, -0.15) is 0 Å². The molecule has 0 saturated carbocycles. The Hall–Kier alpha value is -0.909. The number of anilines is 1. The molecule has 0 unspecified atom stereocenters. The zero-order valence-corrected chi connectivity index (χ0v) is 23.7. The summed E-state index contributed by atoms with van der Waals surface area (Å²) in [6, 6.07) is 10.9. The molecular weight excluding hydrogens is 481 g/mol. The smallest absolute Gasteiger partial charge is 1.00 e. The van der Waals surface area contributed by atoms with E-state index >= 15 is 0 Å². The van der Waals surface area contributed by atoms with E-state index in [0.717, 1.165) is 22.4 Å². The third-order valence-corrected chi connectivity index (χ3v) is 6.30. The summed E-state index contributed by atoms with van der Waals surface area (Å²) in [6.07, 6.45) is 0. The Labute approximate surface area is 211 Å². The van der Waals surface area contributed by atoms with Gasteiger partial charge in [-0.1, -0.05) is 0 Å². The molecule has 1 aliphatic rings. The van der Waals surface area contributed by atoms with Gasteiger partial charge in [0.05, 0.1) is 0 Å². The van der Waals surface area contributed by atoms with Crippen molar-refractivity contribution in [2.24, 2.45) is 0 Å². The van der Waals surface area contributed by atoms with Crippen LogP contribution in [0.2, 0.25) is 19.6 Å². The second-order valence-corrected chi connectivity index (χ2v) is 14.8. The van der Waals surface area contributed by atoms with Gasteiger partial charge >= 0.3 is 187 Å². The fourth-order valence-corrected chi connectivity index (χ4v) is 5.32. The van der Waals surface area contributed by atoms with E-state index in [2.05, 4.69) is 96.5 Å². The third kappa shape index (κ3) is 6.11. The van der Waals surface area contributed by atoms with Crippen LogP contribution >= 0.6 is 0 Å². The standard InChI is InChI=1S/C24H32NO2Si.2ClH.Ti/c1-9-26-16(2)22-21(27-28(6,7)8)15-19-18-13-11-10-12-17(18)14-20(19)23(22)25-24(3,4)5;;;/h10-13,15,25H,9H2,1-8H3;2*1H;/q;;;+2/p-2. The number of benzene rings is 2. The van der Waals surface area contributed by atoms with Crippen LogP contribution in [0.5, 0.6) is 5.75 Å². The molecule has 3 rings (SSSR count). The van der Waals surface area contributed by atoms with Crippen LogP contribution in [0.25, 0.3) is 9.64 Å². The molecule has 7 heteroatoms. The first kappa shape index (κ1) is 28.1. The first-order chi connectivity index (χ1) is 13.4. The third-order valence-electron chi connectivity index (χ3n) is 4.66. The van der Waals surface area contributed by atoms with Crippen LogP contribution in [0.3, 0.4) is 0 Å². The van der Waals surface area contributed by atoms with E-state index in [9.17, 15) is 0 Å². The summed E-state index contributed by atoms with van der Waals surface area (Å²) in [7, 11) is -1.82. The molecule has 1 N–H and O–H groups in total.